The number of amides is 1. The Morgan fingerprint density at radius 3 is 2.17 bits per heavy atom. The van der Waals surface area contributed by atoms with Crippen molar-refractivity contribution in [1.29, 1.82) is 0 Å². The van der Waals surface area contributed by atoms with Crippen LogP contribution in [0.1, 0.15) is 39.2 Å². The van der Waals surface area contributed by atoms with Gasteiger partial charge in [0.05, 0.1) is 0 Å². The maximum Gasteiger partial charge on any atom is 2.00 e. The van der Waals surface area contributed by atoms with E-state index in [1.54, 1.807) is 0 Å². The molecule has 155 valence electrons. The van der Waals surface area contributed by atoms with Crippen molar-refractivity contribution >= 4 is 12.2 Å². The summed E-state index contributed by atoms with van der Waals surface area (Å²) in [6, 6.07) is 10.7. The fourth-order valence-corrected chi connectivity index (χ4v) is 1.83. The molecule has 1 atom stereocenters. The van der Waals surface area contributed by atoms with Crippen LogP contribution in [-0.4, -0.2) is 17.3 Å². The van der Waals surface area contributed by atoms with Crippen molar-refractivity contribution in [2.75, 3.05) is 0 Å². The number of nitrogens with zero attached hydrogens (tertiary/aromatic N) is 1. The third-order valence-corrected chi connectivity index (χ3v) is 3.43. The van der Waals surface area contributed by atoms with E-state index in [0.717, 1.165) is 18.0 Å². The van der Waals surface area contributed by atoms with E-state index in [4.69, 9.17) is 14.1 Å². The predicted molar refractivity (Wildman–Crippen MR) is 102 cm³/mol. The number of carbonyl (C=O) groups excluding carboxylic acids is 2. The van der Waals surface area contributed by atoms with Crippen LogP contribution >= 0.6 is 0 Å². The third kappa shape index (κ3) is 15.9. The third-order valence-electron chi connectivity index (χ3n) is 3.43. The zero-order valence-corrected chi connectivity index (χ0v) is 17.8. The molecule has 7 heteroatoms. The van der Waals surface area contributed by atoms with E-state index in [-0.39, 0.29) is 28.9 Å². The van der Waals surface area contributed by atoms with Crippen molar-refractivity contribution in [3.8, 4) is 0 Å². The minimum atomic E-state index is -0.110. The molecule has 1 aromatic rings. The maximum atomic E-state index is 11.6. The average molecular weight is 439 g/mol. The van der Waals surface area contributed by atoms with Gasteiger partial charge in [0.25, 0.3) is 0 Å². The van der Waals surface area contributed by atoms with Crippen molar-refractivity contribution < 1.29 is 40.8 Å². The van der Waals surface area contributed by atoms with Crippen molar-refractivity contribution in [2.45, 2.75) is 40.2 Å². The molecule has 1 unspecified atom stereocenters. The number of hydroxylamine groups is 2. The topological polar surface area (TPSA) is 86.4 Å². The zero-order valence-electron chi connectivity index (χ0n) is 16.7. The molecule has 1 aliphatic carbocycles. The van der Waals surface area contributed by atoms with E-state index in [9.17, 15) is 9.59 Å². The Morgan fingerprint density at radius 1 is 1.21 bits per heavy atom. The monoisotopic (exact) mass is 439 g/mol. The molecule has 6 nitrogen and oxygen atoms in total. The molecule has 1 fully saturated rings. The largest absolute Gasteiger partial charge is 2.00 e. The smallest absolute Gasteiger partial charge is 2.00 e. The summed E-state index contributed by atoms with van der Waals surface area (Å²) in [6.07, 6.45) is 11.2. The quantitative estimate of drug-likeness (QED) is 0.293. The van der Waals surface area contributed by atoms with Gasteiger partial charge in [-0.15, -0.1) is 5.92 Å². The molecule has 1 saturated carbocycles. The number of hydrogen-bond acceptors (Lipinski definition) is 3. The van der Waals surface area contributed by atoms with Crippen molar-refractivity contribution in [3.05, 3.63) is 80.9 Å². The normalized spacial score (nSPS) is 13.2. The molecular weight excluding hydrogens is 414 g/mol. The first kappa shape index (κ1) is 32.0. The van der Waals surface area contributed by atoms with Gasteiger partial charge in [-0.05, 0) is 37.7 Å². The maximum absolute atomic E-state index is 11.6. The predicted octanol–water partition coefficient (Wildman–Crippen LogP) is 3.78. The van der Waals surface area contributed by atoms with Crippen molar-refractivity contribution in [3.63, 3.8) is 0 Å². The standard InChI is InChI=1S/C15H16NO2.C5H9O.2CO.Fe/c1-13(17)16(15-10-6-3-7-11-15)18-12-14-8-4-2-5-9-14;1-3-5(2)4-6;2*1-2;/h2-10H,11-12H2,1H3;5H,3H2,1-2H3;;;/q;-1;;;+2. The Balaban J connectivity index is -0.000000525. The summed E-state index contributed by atoms with van der Waals surface area (Å²) >= 11 is 0. The van der Waals surface area contributed by atoms with Crippen LogP contribution in [0.25, 0.3) is 0 Å². The van der Waals surface area contributed by atoms with E-state index in [0.29, 0.717) is 13.0 Å². The van der Waals surface area contributed by atoms with Crippen molar-refractivity contribution in [2.24, 2.45) is 5.92 Å². The summed E-state index contributed by atoms with van der Waals surface area (Å²) in [5.74, 6) is 0.0193. The molecule has 2 rings (SSSR count). The molecule has 0 N–H and O–H groups in total. The van der Waals surface area contributed by atoms with Gasteiger partial charge in [0.1, 0.15) is 12.6 Å². The van der Waals surface area contributed by atoms with Gasteiger partial charge >= 0.3 is 39.7 Å². The van der Waals surface area contributed by atoms with Gasteiger partial charge < -0.3 is 4.79 Å². The van der Waals surface area contributed by atoms with Crippen LogP contribution in [0, 0.1) is 50.9 Å². The number of rotatable bonds is 6. The SMILES string of the molecule is CC(=O)N(OCc1ccccc1)[C]1[CH][CH][CH][CH]C1.CCC(C)[C-]=O.[C-]#[O+].[C-]#[O+].[Fe+2]. The molecule has 0 saturated heterocycles. The fourth-order valence-electron chi connectivity index (χ4n) is 1.83. The molecule has 1 aliphatic rings. The zero-order chi connectivity index (χ0) is 21.8. The second-order valence-electron chi connectivity index (χ2n) is 5.48. The first-order valence-corrected chi connectivity index (χ1v) is 8.53. The number of carbonyl (C=O) groups is 1. The van der Waals surface area contributed by atoms with Gasteiger partial charge in [0.2, 0.25) is 5.91 Å². The molecule has 0 heterocycles. The van der Waals surface area contributed by atoms with Gasteiger partial charge in [0.15, 0.2) is 0 Å². The Labute approximate surface area is 185 Å². The van der Waals surface area contributed by atoms with Crippen LogP contribution < -0.4 is 0 Å². The minimum absolute atomic E-state index is 0. The van der Waals surface area contributed by atoms with Crippen LogP contribution in [0.5, 0.6) is 0 Å². The van der Waals surface area contributed by atoms with Crippen LogP contribution in [0.15, 0.2) is 30.3 Å². The van der Waals surface area contributed by atoms with E-state index in [1.807, 2.05) is 76.1 Å². The van der Waals surface area contributed by atoms with Crippen LogP contribution in [0.4, 0.5) is 0 Å². The molecule has 1 aromatic carbocycles. The molecule has 1 amide bonds. The summed E-state index contributed by atoms with van der Waals surface area (Å²) in [7, 11) is 0. The minimum Gasteiger partial charge on any atom is 2.00 e. The van der Waals surface area contributed by atoms with E-state index in [1.165, 1.54) is 12.0 Å². The van der Waals surface area contributed by atoms with Crippen molar-refractivity contribution in [1.82, 2.24) is 5.06 Å². The fraction of sp³-hybridized carbons (Fsp3) is 0.318. The van der Waals surface area contributed by atoms with Gasteiger partial charge in [-0.2, -0.15) is 0 Å². The molecule has 0 aromatic heterocycles. The molecule has 0 spiro atoms. The van der Waals surface area contributed by atoms with Gasteiger partial charge in [-0.3, -0.25) is 15.9 Å². The molecule has 5 radical (unpaired) electrons. The van der Waals surface area contributed by atoms with Crippen LogP contribution in [-0.2, 0) is 47.4 Å². The summed E-state index contributed by atoms with van der Waals surface area (Å²) < 4.78 is 15.0. The molecule has 29 heavy (non-hydrogen) atoms. The summed E-state index contributed by atoms with van der Waals surface area (Å²) in [5.41, 5.74) is 1.04. The number of benzene rings is 1. The summed E-state index contributed by atoms with van der Waals surface area (Å²) in [6.45, 7) is 14.7. The Bertz CT molecular complexity index is 550. The van der Waals surface area contributed by atoms with Crippen LogP contribution in [0.2, 0.25) is 0 Å². The van der Waals surface area contributed by atoms with Gasteiger partial charge in [-0.25, -0.2) is 5.06 Å². The second-order valence-corrected chi connectivity index (χ2v) is 5.48. The molecular formula is C22H25FeNO5+. The van der Waals surface area contributed by atoms with Gasteiger partial charge in [0, 0.05) is 6.92 Å². The first-order valence-electron chi connectivity index (χ1n) is 8.53. The molecule has 0 aliphatic heterocycles. The summed E-state index contributed by atoms with van der Waals surface area (Å²) in [4.78, 5) is 26.8. The van der Waals surface area contributed by atoms with E-state index in [2.05, 4.69) is 13.3 Å². The van der Waals surface area contributed by atoms with E-state index < -0.39 is 0 Å². The second kappa shape index (κ2) is 22.6. The van der Waals surface area contributed by atoms with E-state index >= 15 is 0 Å². The van der Waals surface area contributed by atoms with Gasteiger partial charge in [-0.1, -0.05) is 50.6 Å². The first-order chi connectivity index (χ1) is 13.6. The average Bonchev–Trinajstić information content (AvgIpc) is 2.78. The Kier molecular flexibility index (Phi) is 24.9. The Morgan fingerprint density at radius 2 is 1.79 bits per heavy atom. The number of hydrogen-bond donors (Lipinski definition) is 0. The Hall–Kier alpha value is -1.68. The summed E-state index contributed by atoms with van der Waals surface area (Å²) in [5, 5.41) is 1.37. The molecule has 0 bridgehead atoms. The van der Waals surface area contributed by atoms with Crippen LogP contribution in [0.3, 0.4) is 0 Å².